The molecule has 1 N–H and O–H groups in total. The van der Waals surface area contributed by atoms with Crippen molar-refractivity contribution in [3.05, 3.63) is 75.0 Å². The van der Waals surface area contributed by atoms with Gasteiger partial charge in [-0.05, 0) is 60.9 Å². The quantitative estimate of drug-likeness (QED) is 0.373. The number of anilines is 1. The second-order valence-electron chi connectivity index (χ2n) is 8.99. The summed E-state index contributed by atoms with van der Waals surface area (Å²) in [6.07, 6.45) is 5.12. The first-order chi connectivity index (χ1) is 16.1. The Morgan fingerprint density at radius 2 is 1.79 bits per heavy atom. The van der Waals surface area contributed by atoms with Gasteiger partial charge in [-0.1, -0.05) is 61.3 Å². The van der Waals surface area contributed by atoms with Gasteiger partial charge in [-0.15, -0.1) is 0 Å². The molecule has 0 radical (unpaired) electrons. The van der Waals surface area contributed by atoms with E-state index < -0.39 is 0 Å². The number of nitrogens with zero attached hydrogens (tertiary/aromatic N) is 2. The Balaban J connectivity index is 1.50. The maximum Gasteiger partial charge on any atom is 0.148 e. The van der Waals surface area contributed by atoms with E-state index in [1.807, 2.05) is 12.1 Å². The van der Waals surface area contributed by atoms with Crippen LogP contribution in [0.25, 0.3) is 11.3 Å². The molecule has 0 aliphatic heterocycles. The van der Waals surface area contributed by atoms with Crippen LogP contribution in [-0.4, -0.2) is 22.7 Å². The molecule has 0 saturated heterocycles. The summed E-state index contributed by atoms with van der Waals surface area (Å²) in [7, 11) is 0. The second kappa shape index (κ2) is 9.61. The van der Waals surface area contributed by atoms with Crippen molar-refractivity contribution in [3.63, 3.8) is 0 Å². The number of halogens is 2. The van der Waals surface area contributed by atoms with Crippen LogP contribution in [0.4, 0.5) is 5.82 Å². The van der Waals surface area contributed by atoms with Gasteiger partial charge in [0.05, 0.1) is 34.3 Å². The number of ether oxygens (including phenoxy) is 1. The highest BCUT2D eigenvalue weighted by atomic mass is 35.5. The number of aromatic nitrogens is 2. The van der Waals surface area contributed by atoms with E-state index in [4.69, 9.17) is 37.9 Å². The van der Waals surface area contributed by atoms with Crippen LogP contribution in [0.15, 0.2) is 42.5 Å². The predicted molar refractivity (Wildman–Crippen MR) is 135 cm³/mol. The highest BCUT2D eigenvalue weighted by molar-refractivity contribution is 6.36. The zero-order chi connectivity index (χ0) is 22.9. The van der Waals surface area contributed by atoms with E-state index >= 15 is 0 Å². The normalized spacial score (nSPS) is 19.5. The van der Waals surface area contributed by atoms with Crippen molar-refractivity contribution in [2.45, 2.75) is 58.1 Å². The second-order valence-corrected chi connectivity index (χ2v) is 9.83. The van der Waals surface area contributed by atoms with E-state index in [0.29, 0.717) is 10.0 Å². The molecule has 0 bridgehead atoms. The molecule has 1 saturated carbocycles. The molecule has 172 valence electrons. The van der Waals surface area contributed by atoms with Crippen molar-refractivity contribution in [2.24, 2.45) is 5.92 Å². The van der Waals surface area contributed by atoms with Gasteiger partial charge in [-0.2, -0.15) is 0 Å². The Labute approximate surface area is 205 Å². The van der Waals surface area contributed by atoms with E-state index in [1.54, 1.807) is 6.07 Å². The summed E-state index contributed by atoms with van der Waals surface area (Å²) in [5.74, 6) is 1.57. The van der Waals surface area contributed by atoms with Gasteiger partial charge >= 0.3 is 0 Å². The highest BCUT2D eigenvalue weighted by Crippen LogP contribution is 2.39. The molecule has 33 heavy (non-hydrogen) atoms. The average Bonchev–Trinajstić information content (AvgIpc) is 3.59. The Hall–Kier alpha value is -2.14. The number of fused-ring (bicyclic) bond motifs is 1. The standard InChI is InChI=1S/C27H29Cl2N3O/c1-3-22-25(20-12-11-18(28)14-21(20)29)30-23(4-2)27(31-22)32-26-19-8-6-5-7-17(19)13-24(26)33-15-16-9-10-16/h5-8,11-12,14,16,24,26H,3-4,9-10,13,15H2,1-2H3,(H,31,32). The van der Waals surface area contributed by atoms with Crippen LogP contribution in [0.2, 0.25) is 10.0 Å². The van der Waals surface area contributed by atoms with Gasteiger partial charge < -0.3 is 10.1 Å². The third kappa shape index (κ3) is 4.75. The van der Waals surface area contributed by atoms with Crippen LogP contribution >= 0.6 is 23.2 Å². The molecule has 5 rings (SSSR count). The fraction of sp³-hybridized carbons (Fsp3) is 0.407. The monoisotopic (exact) mass is 481 g/mol. The van der Waals surface area contributed by atoms with Crippen LogP contribution in [0.1, 0.15) is 55.2 Å². The third-order valence-electron chi connectivity index (χ3n) is 6.61. The van der Waals surface area contributed by atoms with Crippen molar-refractivity contribution < 1.29 is 4.74 Å². The van der Waals surface area contributed by atoms with Gasteiger partial charge in [0.1, 0.15) is 5.82 Å². The van der Waals surface area contributed by atoms with Gasteiger partial charge in [0, 0.05) is 23.6 Å². The minimum Gasteiger partial charge on any atom is -0.375 e. The molecule has 2 aliphatic carbocycles. The van der Waals surface area contributed by atoms with Crippen molar-refractivity contribution in [2.75, 3.05) is 11.9 Å². The third-order valence-corrected chi connectivity index (χ3v) is 7.16. The molecule has 4 nitrogen and oxygen atoms in total. The lowest BCUT2D eigenvalue weighted by Crippen LogP contribution is -2.27. The van der Waals surface area contributed by atoms with Gasteiger partial charge in [0.15, 0.2) is 0 Å². The summed E-state index contributed by atoms with van der Waals surface area (Å²) >= 11 is 12.6. The first kappa shape index (κ1) is 22.6. The molecule has 6 heteroatoms. The molecule has 0 spiro atoms. The minimum absolute atomic E-state index is 0.0641. The maximum atomic E-state index is 6.52. The molecule has 2 aromatic carbocycles. The summed E-state index contributed by atoms with van der Waals surface area (Å²) in [6, 6.07) is 14.2. The summed E-state index contributed by atoms with van der Waals surface area (Å²) in [5, 5.41) is 4.94. The fourth-order valence-corrected chi connectivity index (χ4v) is 5.08. The van der Waals surface area contributed by atoms with Gasteiger partial charge in [-0.3, -0.25) is 0 Å². The molecule has 3 aromatic rings. The largest absolute Gasteiger partial charge is 0.375 e. The Morgan fingerprint density at radius 3 is 2.52 bits per heavy atom. The fourth-order valence-electron chi connectivity index (χ4n) is 4.59. The summed E-state index contributed by atoms with van der Waals surface area (Å²) in [6.45, 7) is 5.05. The summed E-state index contributed by atoms with van der Waals surface area (Å²) < 4.78 is 6.40. The molecule has 1 heterocycles. The number of benzene rings is 2. The molecular formula is C27H29Cl2N3O. The smallest absolute Gasteiger partial charge is 0.148 e. The Kier molecular flexibility index (Phi) is 6.60. The van der Waals surface area contributed by atoms with E-state index in [9.17, 15) is 0 Å². The van der Waals surface area contributed by atoms with Gasteiger partial charge in [-0.25, -0.2) is 9.97 Å². The zero-order valence-electron chi connectivity index (χ0n) is 19.1. The first-order valence-electron chi connectivity index (χ1n) is 11.9. The first-order valence-corrected chi connectivity index (χ1v) is 12.6. The lowest BCUT2D eigenvalue weighted by Gasteiger charge is -2.25. The molecule has 0 amide bonds. The Bertz CT molecular complexity index is 1160. The number of rotatable bonds is 8. The summed E-state index contributed by atoms with van der Waals surface area (Å²) in [4.78, 5) is 10.1. The molecule has 1 aromatic heterocycles. The predicted octanol–water partition coefficient (Wildman–Crippen LogP) is 7.08. The lowest BCUT2D eigenvalue weighted by atomic mass is 10.1. The van der Waals surface area contributed by atoms with Crippen LogP contribution in [0.5, 0.6) is 0 Å². The van der Waals surface area contributed by atoms with Crippen LogP contribution in [0.3, 0.4) is 0 Å². The molecule has 2 aliphatic rings. The van der Waals surface area contributed by atoms with Crippen LogP contribution in [0, 0.1) is 5.92 Å². The zero-order valence-corrected chi connectivity index (χ0v) is 20.6. The van der Waals surface area contributed by atoms with Crippen molar-refractivity contribution in [1.29, 1.82) is 0 Å². The molecule has 2 atom stereocenters. The highest BCUT2D eigenvalue weighted by Gasteiger charge is 2.35. The van der Waals surface area contributed by atoms with Crippen LogP contribution < -0.4 is 5.32 Å². The van der Waals surface area contributed by atoms with Crippen molar-refractivity contribution in [1.82, 2.24) is 9.97 Å². The maximum absolute atomic E-state index is 6.52. The number of hydrogen-bond acceptors (Lipinski definition) is 4. The number of hydrogen-bond donors (Lipinski definition) is 1. The van der Waals surface area contributed by atoms with E-state index in [2.05, 4.69) is 43.4 Å². The SMILES string of the molecule is CCc1nc(-c2ccc(Cl)cc2Cl)c(CC)nc1NC1c2ccccc2CC1OCC1CC1. The molecule has 2 unspecified atom stereocenters. The van der Waals surface area contributed by atoms with Crippen LogP contribution in [-0.2, 0) is 24.0 Å². The van der Waals surface area contributed by atoms with Gasteiger partial charge in [0.25, 0.3) is 0 Å². The van der Waals surface area contributed by atoms with E-state index in [1.165, 1.54) is 24.0 Å². The van der Waals surface area contributed by atoms with Crippen molar-refractivity contribution in [3.8, 4) is 11.3 Å². The van der Waals surface area contributed by atoms with E-state index in [-0.39, 0.29) is 12.1 Å². The van der Waals surface area contributed by atoms with Gasteiger partial charge in [0.2, 0.25) is 0 Å². The van der Waals surface area contributed by atoms with Crippen molar-refractivity contribution >= 4 is 29.0 Å². The average molecular weight is 482 g/mol. The topological polar surface area (TPSA) is 47.0 Å². The minimum atomic E-state index is 0.0641. The lowest BCUT2D eigenvalue weighted by molar-refractivity contribution is 0.0408. The molecular weight excluding hydrogens is 453 g/mol. The summed E-state index contributed by atoms with van der Waals surface area (Å²) in [5.41, 5.74) is 6.18. The van der Waals surface area contributed by atoms with E-state index in [0.717, 1.165) is 60.3 Å². The molecule has 1 fully saturated rings. The Morgan fingerprint density at radius 1 is 1.00 bits per heavy atom. The number of aryl methyl sites for hydroxylation is 2. The number of nitrogens with one attached hydrogen (secondary N) is 1.